The van der Waals surface area contributed by atoms with E-state index in [1.807, 2.05) is 42.5 Å². The highest BCUT2D eigenvalue weighted by Crippen LogP contribution is 2.44. The van der Waals surface area contributed by atoms with Gasteiger partial charge in [0.15, 0.2) is 5.75 Å². The first-order chi connectivity index (χ1) is 17.6. The molecule has 6 nitrogen and oxygen atoms in total. The first-order valence-electron chi connectivity index (χ1n) is 11.4. The van der Waals surface area contributed by atoms with Gasteiger partial charge in [0.1, 0.15) is 23.0 Å². The van der Waals surface area contributed by atoms with E-state index in [1.165, 1.54) is 7.11 Å². The van der Waals surface area contributed by atoms with Crippen LogP contribution in [0.2, 0.25) is 0 Å². The lowest BCUT2D eigenvalue weighted by Crippen LogP contribution is -2.26. The van der Waals surface area contributed by atoms with Crippen molar-refractivity contribution in [3.8, 4) is 28.7 Å². The monoisotopic (exact) mass is 472 g/mol. The second-order valence-corrected chi connectivity index (χ2v) is 8.57. The summed E-state index contributed by atoms with van der Waals surface area (Å²) in [6.07, 6.45) is 0. The van der Waals surface area contributed by atoms with Gasteiger partial charge in [-0.1, -0.05) is 66.7 Å². The number of hydrogen-bond acceptors (Lipinski definition) is 6. The summed E-state index contributed by atoms with van der Waals surface area (Å²) in [5.41, 5.74) is 9.19. The molecule has 0 amide bonds. The fourth-order valence-electron chi connectivity index (χ4n) is 4.89. The Balaban J connectivity index is 1.52. The van der Waals surface area contributed by atoms with Crippen molar-refractivity contribution in [1.82, 2.24) is 0 Å². The average molecular weight is 473 g/mol. The molecule has 6 heteroatoms. The Kier molecular flexibility index (Phi) is 4.98. The molecule has 2 N–H and O–H groups in total. The van der Waals surface area contributed by atoms with E-state index >= 15 is 0 Å². The number of fused-ring (bicyclic) bond motifs is 4. The highest BCUT2D eigenvalue weighted by atomic mass is 16.5. The molecule has 1 atom stereocenters. The van der Waals surface area contributed by atoms with Crippen molar-refractivity contribution in [2.45, 2.75) is 5.92 Å². The van der Waals surface area contributed by atoms with Gasteiger partial charge in [-0.15, -0.1) is 0 Å². The molecule has 4 aromatic carbocycles. The molecule has 0 saturated carbocycles. The Morgan fingerprint density at radius 3 is 2.50 bits per heavy atom. The third kappa shape index (κ3) is 3.29. The van der Waals surface area contributed by atoms with Gasteiger partial charge in [0, 0.05) is 6.07 Å². The molecule has 2 heterocycles. The molecule has 5 aromatic rings. The van der Waals surface area contributed by atoms with Gasteiger partial charge in [0.05, 0.1) is 24.0 Å². The first-order valence-corrected chi connectivity index (χ1v) is 11.4. The number of methoxy groups -OCH3 is 1. The van der Waals surface area contributed by atoms with Crippen LogP contribution in [0, 0.1) is 11.3 Å². The van der Waals surface area contributed by atoms with Crippen molar-refractivity contribution in [2.75, 3.05) is 7.11 Å². The smallest absolute Gasteiger partial charge is 0.344 e. The SMILES string of the molecule is COc1ccc2c3c(c(=O)oc2c1)C(c1ccc(-c2cccc4ccccc24)cc1)C(C#N)=C(N)O3. The van der Waals surface area contributed by atoms with Crippen LogP contribution in [0.1, 0.15) is 17.0 Å². The fourth-order valence-corrected chi connectivity index (χ4v) is 4.89. The van der Waals surface area contributed by atoms with Gasteiger partial charge in [-0.05, 0) is 39.6 Å². The molecule has 0 radical (unpaired) electrons. The van der Waals surface area contributed by atoms with Crippen LogP contribution in [0.5, 0.6) is 11.5 Å². The highest BCUT2D eigenvalue weighted by molar-refractivity contribution is 5.96. The number of rotatable bonds is 3. The second kappa shape index (κ2) is 8.33. The summed E-state index contributed by atoms with van der Waals surface area (Å²) < 4.78 is 16.7. The van der Waals surface area contributed by atoms with E-state index in [-0.39, 0.29) is 17.0 Å². The molecule has 1 aliphatic heterocycles. The molecule has 6 rings (SSSR count). The van der Waals surface area contributed by atoms with Crippen molar-refractivity contribution >= 4 is 21.7 Å². The van der Waals surface area contributed by atoms with Gasteiger partial charge in [0.2, 0.25) is 5.88 Å². The quantitative estimate of drug-likeness (QED) is 0.331. The second-order valence-electron chi connectivity index (χ2n) is 8.57. The van der Waals surface area contributed by atoms with Crippen molar-refractivity contribution in [1.29, 1.82) is 5.26 Å². The zero-order valence-corrected chi connectivity index (χ0v) is 19.3. The Bertz CT molecular complexity index is 1790. The van der Waals surface area contributed by atoms with E-state index in [1.54, 1.807) is 18.2 Å². The van der Waals surface area contributed by atoms with Crippen molar-refractivity contribution < 1.29 is 13.9 Å². The summed E-state index contributed by atoms with van der Waals surface area (Å²) in [6.45, 7) is 0. The van der Waals surface area contributed by atoms with Crippen LogP contribution in [-0.4, -0.2) is 7.11 Å². The zero-order valence-electron chi connectivity index (χ0n) is 19.3. The molecule has 0 bridgehead atoms. The minimum absolute atomic E-state index is 0.0316. The summed E-state index contributed by atoms with van der Waals surface area (Å²) >= 11 is 0. The normalized spacial score (nSPS) is 14.8. The van der Waals surface area contributed by atoms with E-state index in [0.29, 0.717) is 22.5 Å². The molecular weight excluding hydrogens is 452 g/mol. The Hall–Kier alpha value is -5.02. The molecule has 0 spiro atoms. The van der Waals surface area contributed by atoms with E-state index in [0.717, 1.165) is 27.5 Å². The maximum atomic E-state index is 13.2. The summed E-state index contributed by atoms with van der Waals surface area (Å²) in [5, 5.41) is 12.8. The Morgan fingerprint density at radius 2 is 1.72 bits per heavy atom. The maximum absolute atomic E-state index is 13.2. The lowest BCUT2D eigenvalue weighted by molar-refractivity contribution is 0.387. The van der Waals surface area contributed by atoms with Gasteiger partial charge in [-0.25, -0.2) is 4.79 Å². The summed E-state index contributed by atoms with van der Waals surface area (Å²) in [6, 6.07) is 29.5. The molecule has 36 heavy (non-hydrogen) atoms. The average Bonchev–Trinajstić information content (AvgIpc) is 2.92. The Labute approximate surface area is 206 Å². The highest BCUT2D eigenvalue weighted by Gasteiger charge is 2.35. The minimum Gasteiger partial charge on any atom is -0.497 e. The molecule has 1 unspecified atom stereocenters. The molecular formula is C30H20N2O4. The summed E-state index contributed by atoms with van der Waals surface area (Å²) in [5.74, 6) is 0.0886. The molecule has 1 aliphatic rings. The minimum atomic E-state index is -0.719. The van der Waals surface area contributed by atoms with Gasteiger partial charge < -0.3 is 19.6 Å². The standard InChI is InChI=1S/C30H20N2O4/c1-34-20-13-14-23-25(15-20)35-30(33)27-26(24(16-31)29(32)36-28(23)27)19-11-9-18(10-12-19)22-8-4-6-17-5-2-3-7-21(17)22/h2-15,26H,32H2,1H3. The van der Waals surface area contributed by atoms with Crippen LogP contribution in [0.25, 0.3) is 32.9 Å². The molecule has 174 valence electrons. The number of nitrogens with zero attached hydrogens (tertiary/aromatic N) is 1. The number of nitrogens with two attached hydrogens (primary N) is 1. The van der Waals surface area contributed by atoms with Crippen molar-refractivity contribution in [3.05, 3.63) is 118 Å². The zero-order chi connectivity index (χ0) is 24.8. The van der Waals surface area contributed by atoms with Crippen LogP contribution in [0.3, 0.4) is 0 Å². The number of hydrogen-bond donors (Lipinski definition) is 1. The lowest BCUT2D eigenvalue weighted by Gasteiger charge is -2.26. The van der Waals surface area contributed by atoms with Crippen LogP contribution >= 0.6 is 0 Å². The van der Waals surface area contributed by atoms with E-state index in [4.69, 9.17) is 19.6 Å². The molecule has 0 aliphatic carbocycles. The predicted octanol–water partition coefficient (Wildman–Crippen LogP) is 5.84. The lowest BCUT2D eigenvalue weighted by atomic mass is 9.83. The van der Waals surface area contributed by atoms with E-state index in [2.05, 4.69) is 30.3 Å². The van der Waals surface area contributed by atoms with Crippen LogP contribution in [-0.2, 0) is 0 Å². The van der Waals surface area contributed by atoms with Crippen LogP contribution in [0.15, 0.2) is 106 Å². The third-order valence-electron chi connectivity index (χ3n) is 6.62. The largest absolute Gasteiger partial charge is 0.497 e. The third-order valence-corrected chi connectivity index (χ3v) is 6.62. The number of allylic oxidation sites excluding steroid dienone is 1. The van der Waals surface area contributed by atoms with E-state index < -0.39 is 11.5 Å². The Morgan fingerprint density at radius 1 is 0.944 bits per heavy atom. The topological polar surface area (TPSA) is 98.5 Å². The van der Waals surface area contributed by atoms with Gasteiger partial charge >= 0.3 is 5.63 Å². The number of ether oxygens (including phenoxy) is 2. The van der Waals surface area contributed by atoms with E-state index in [9.17, 15) is 10.1 Å². The summed E-state index contributed by atoms with van der Waals surface area (Å²) in [7, 11) is 1.53. The maximum Gasteiger partial charge on any atom is 0.344 e. The van der Waals surface area contributed by atoms with Crippen LogP contribution in [0.4, 0.5) is 0 Å². The fraction of sp³-hybridized carbons (Fsp3) is 0.0667. The van der Waals surface area contributed by atoms with Crippen LogP contribution < -0.4 is 20.8 Å². The first kappa shape index (κ1) is 21.5. The molecule has 1 aromatic heterocycles. The molecule has 0 saturated heterocycles. The van der Waals surface area contributed by atoms with Crippen molar-refractivity contribution in [2.24, 2.45) is 5.73 Å². The van der Waals surface area contributed by atoms with Gasteiger partial charge in [-0.3, -0.25) is 0 Å². The molecule has 0 fully saturated rings. The summed E-state index contributed by atoms with van der Waals surface area (Å²) in [4.78, 5) is 13.2. The predicted molar refractivity (Wildman–Crippen MR) is 138 cm³/mol. The van der Waals surface area contributed by atoms with Crippen molar-refractivity contribution in [3.63, 3.8) is 0 Å². The van der Waals surface area contributed by atoms with Gasteiger partial charge in [-0.2, -0.15) is 5.26 Å². The van der Waals surface area contributed by atoms with Gasteiger partial charge in [0.25, 0.3) is 0 Å². The number of nitriles is 1. The number of benzene rings is 4.